The van der Waals surface area contributed by atoms with Gasteiger partial charge in [-0.15, -0.1) is 0 Å². The average Bonchev–Trinajstić information content (AvgIpc) is 2.75. The smallest absolute Gasteiger partial charge is 0.230 e. The normalized spacial score (nSPS) is 10.2. The average molecular weight is 236 g/mol. The molecule has 0 fully saturated rings. The predicted molar refractivity (Wildman–Crippen MR) is 61.1 cm³/mol. The number of hydrogen-bond acceptors (Lipinski definition) is 6. The van der Waals surface area contributed by atoms with Crippen LogP contribution in [0.2, 0.25) is 0 Å². The van der Waals surface area contributed by atoms with E-state index in [1.165, 1.54) is 26.5 Å². The molecular formula is C11H12N2O4. The highest BCUT2D eigenvalue weighted by Gasteiger charge is 2.16. The molecule has 90 valence electrons. The van der Waals surface area contributed by atoms with Gasteiger partial charge in [-0.2, -0.15) is 0 Å². The Bertz CT molecular complexity index is 536. The summed E-state index contributed by atoms with van der Waals surface area (Å²) in [7, 11) is 3.00. The van der Waals surface area contributed by atoms with E-state index in [2.05, 4.69) is 5.16 Å². The monoisotopic (exact) mass is 236 g/mol. The zero-order valence-electron chi connectivity index (χ0n) is 9.43. The number of nitrogens with two attached hydrogens (primary N) is 1. The van der Waals surface area contributed by atoms with Crippen molar-refractivity contribution >= 4 is 5.88 Å². The zero-order chi connectivity index (χ0) is 12.4. The van der Waals surface area contributed by atoms with E-state index >= 15 is 0 Å². The molecule has 0 radical (unpaired) electrons. The largest absolute Gasteiger partial charge is 0.507 e. The summed E-state index contributed by atoms with van der Waals surface area (Å²) in [5, 5.41) is 13.4. The summed E-state index contributed by atoms with van der Waals surface area (Å²) in [6, 6.07) is 3.05. The Morgan fingerprint density at radius 1 is 1.18 bits per heavy atom. The third-order valence-corrected chi connectivity index (χ3v) is 2.39. The van der Waals surface area contributed by atoms with Gasteiger partial charge in [-0.1, -0.05) is 5.16 Å². The van der Waals surface area contributed by atoms with E-state index in [9.17, 15) is 5.11 Å². The minimum absolute atomic E-state index is 0.0116. The Labute approximate surface area is 97.5 Å². The fourth-order valence-electron chi connectivity index (χ4n) is 1.53. The standard InChI is InChI=1S/C11H12N2O4/c1-15-9-3-6(7-5-13-17-11(7)12)8(14)4-10(9)16-2/h3-5,14H,12H2,1-2H3. The van der Waals surface area contributed by atoms with Crippen LogP contribution in [0, 0.1) is 0 Å². The number of phenols is 1. The van der Waals surface area contributed by atoms with Crippen molar-refractivity contribution < 1.29 is 19.1 Å². The molecule has 0 spiro atoms. The first-order chi connectivity index (χ1) is 8.17. The third-order valence-electron chi connectivity index (χ3n) is 2.39. The Balaban J connectivity index is 2.59. The molecule has 0 saturated heterocycles. The molecule has 0 atom stereocenters. The zero-order valence-corrected chi connectivity index (χ0v) is 9.43. The van der Waals surface area contributed by atoms with Crippen molar-refractivity contribution in [1.29, 1.82) is 0 Å². The van der Waals surface area contributed by atoms with Gasteiger partial charge in [0.15, 0.2) is 11.5 Å². The topological polar surface area (TPSA) is 90.7 Å². The van der Waals surface area contributed by atoms with Crippen molar-refractivity contribution in [2.24, 2.45) is 0 Å². The lowest BCUT2D eigenvalue weighted by Crippen LogP contribution is -1.92. The molecule has 0 saturated carbocycles. The molecular weight excluding hydrogens is 224 g/mol. The molecule has 0 bridgehead atoms. The Kier molecular flexibility index (Phi) is 2.78. The van der Waals surface area contributed by atoms with Gasteiger partial charge < -0.3 is 24.8 Å². The van der Waals surface area contributed by atoms with Gasteiger partial charge >= 0.3 is 0 Å². The maximum Gasteiger partial charge on any atom is 0.230 e. The lowest BCUT2D eigenvalue weighted by molar-refractivity contribution is 0.352. The fourth-order valence-corrected chi connectivity index (χ4v) is 1.53. The Morgan fingerprint density at radius 2 is 1.82 bits per heavy atom. The first-order valence-electron chi connectivity index (χ1n) is 4.83. The van der Waals surface area contributed by atoms with Crippen LogP contribution in [0.1, 0.15) is 0 Å². The maximum absolute atomic E-state index is 9.88. The van der Waals surface area contributed by atoms with Crippen LogP contribution in [-0.2, 0) is 0 Å². The number of phenolic OH excluding ortho intramolecular Hbond substituents is 1. The quantitative estimate of drug-likeness (QED) is 0.841. The molecule has 1 aromatic heterocycles. The minimum atomic E-state index is 0.0116. The summed E-state index contributed by atoms with van der Waals surface area (Å²) in [6.45, 7) is 0. The molecule has 1 heterocycles. The number of aromatic nitrogens is 1. The van der Waals surface area contributed by atoms with Crippen molar-refractivity contribution in [3.05, 3.63) is 18.3 Å². The first-order valence-corrected chi connectivity index (χ1v) is 4.83. The summed E-state index contributed by atoms with van der Waals surface area (Å²) in [6.07, 6.45) is 1.43. The predicted octanol–water partition coefficient (Wildman–Crippen LogP) is 1.65. The van der Waals surface area contributed by atoms with Gasteiger partial charge in [-0.3, -0.25) is 0 Å². The van der Waals surface area contributed by atoms with Crippen LogP contribution in [0.5, 0.6) is 17.2 Å². The van der Waals surface area contributed by atoms with Crippen LogP contribution in [0.4, 0.5) is 5.88 Å². The second kappa shape index (κ2) is 4.25. The van der Waals surface area contributed by atoms with Gasteiger partial charge in [0.1, 0.15) is 5.75 Å². The fraction of sp³-hybridized carbons (Fsp3) is 0.182. The lowest BCUT2D eigenvalue weighted by atomic mass is 10.1. The number of methoxy groups -OCH3 is 2. The summed E-state index contributed by atoms with van der Waals surface area (Å²) >= 11 is 0. The Morgan fingerprint density at radius 3 is 2.35 bits per heavy atom. The van der Waals surface area contributed by atoms with Crippen LogP contribution >= 0.6 is 0 Å². The van der Waals surface area contributed by atoms with Gasteiger partial charge in [0.05, 0.1) is 26.0 Å². The highest BCUT2D eigenvalue weighted by atomic mass is 16.5. The van der Waals surface area contributed by atoms with E-state index < -0.39 is 0 Å². The van der Waals surface area contributed by atoms with E-state index in [-0.39, 0.29) is 11.6 Å². The number of ether oxygens (including phenoxy) is 2. The number of benzene rings is 1. The number of aromatic hydroxyl groups is 1. The molecule has 2 aromatic rings. The van der Waals surface area contributed by atoms with E-state index in [1.54, 1.807) is 6.07 Å². The highest BCUT2D eigenvalue weighted by molar-refractivity contribution is 5.79. The third kappa shape index (κ3) is 1.84. The minimum Gasteiger partial charge on any atom is -0.507 e. The van der Waals surface area contributed by atoms with E-state index in [1.807, 2.05) is 0 Å². The Hall–Kier alpha value is -2.37. The molecule has 6 nitrogen and oxygen atoms in total. The van der Waals surface area contributed by atoms with Crippen molar-refractivity contribution in [3.8, 4) is 28.4 Å². The maximum atomic E-state index is 9.88. The molecule has 17 heavy (non-hydrogen) atoms. The van der Waals surface area contributed by atoms with Gasteiger partial charge in [0, 0.05) is 11.6 Å². The molecule has 2 rings (SSSR count). The van der Waals surface area contributed by atoms with Crippen LogP contribution < -0.4 is 15.2 Å². The summed E-state index contributed by atoms with van der Waals surface area (Å²) in [5.74, 6) is 1.06. The number of nitrogen functional groups attached to an aromatic ring is 1. The number of nitrogens with zero attached hydrogens (tertiary/aromatic N) is 1. The van der Waals surface area contributed by atoms with Gasteiger partial charge in [0.25, 0.3) is 0 Å². The number of hydrogen-bond donors (Lipinski definition) is 2. The van der Waals surface area contributed by atoms with Crippen molar-refractivity contribution in [1.82, 2.24) is 5.16 Å². The highest BCUT2D eigenvalue weighted by Crippen LogP contribution is 2.40. The summed E-state index contributed by atoms with van der Waals surface area (Å²) < 4.78 is 15.0. The molecule has 0 amide bonds. The van der Waals surface area contributed by atoms with E-state index in [0.717, 1.165) is 0 Å². The van der Waals surface area contributed by atoms with Crippen LogP contribution in [-0.4, -0.2) is 24.5 Å². The van der Waals surface area contributed by atoms with Crippen molar-refractivity contribution in [2.75, 3.05) is 20.0 Å². The summed E-state index contributed by atoms with van der Waals surface area (Å²) in [4.78, 5) is 0. The van der Waals surface area contributed by atoms with Gasteiger partial charge in [0.2, 0.25) is 5.88 Å². The van der Waals surface area contributed by atoms with Crippen LogP contribution in [0.15, 0.2) is 22.9 Å². The molecule has 0 aliphatic rings. The first kappa shape index (κ1) is 11.1. The second-order valence-corrected chi connectivity index (χ2v) is 3.33. The van der Waals surface area contributed by atoms with Crippen LogP contribution in [0.3, 0.4) is 0 Å². The molecule has 3 N–H and O–H groups in total. The van der Waals surface area contributed by atoms with Gasteiger partial charge in [-0.25, -0.2) is 0 Å². The van der Waals surface area contributed by atoms with Crippen molar-refractivity contribution in [3.63, 3.8) is 0 Å². The van der Waals surface area contributed by atoms with Gasteiger partial charge in [-0.05, 0) is 6.07 Å². The number of anilines is 1. The second-order valence-electron chi connectivity index (χ2n) is 3.33. The molecule has 1 aromatic carbocycles. The molecule has 0 aliphatic carbocycles. The van der Waals surface area contributed by atoms with Crippen LogP contribution in [0.25, 0.3) is 11.1 Å². The lowest BCUT2D eigenvalue weighted by Gasteiger charge is -2.10. The molecule has 0 unspecified atom stereocenters. The molecule has 6 heteroatoms. The van der Waals surface area contributed by atoms with E-state index in [0.29, 0.717) is 22.6 Å². The van der Waals surface area contributed by atoms with Crippen molar-refractivity contribution in [2.45, 2.75) is 0 Å². The SMILES string of the molecule is COc1cc(O)c(-c2cnoc2N)cc1OC. The molecule has 0 aliphatic heterocycles. The summed E-state index contributed by atoms with van der Waals surface area (Å²) in [5.41, 5.74) is 6.57. The number of rotatable bonds is 3. The van der Waals surface area contributed by atoms with E-state index in [4.69, 9.17) is 19.7 Å².